The zero-order chi connectivity index (χ0) is 50.0. The first kappa shape index (κ1) is 49.7. The second kappa shape index (κ2) is 22.9. The molecule has 14 nitrogen and oxygen atoms in total. The summed E-state index contributed by atoms with van der Waals surface area (Å²) in [7, 11) is 0. The fourth-order valence-electron chi connectivity index (χ4n) is 10.9. The standard InChI is InChI=1S/C58H61N3O11/c1-3-32-69-58-54(60(37-40-18-27-52-53(33-40)68-38-67-52)55(64)29-19-39-16-22-44(23-17-39)61(65)66)36-50(59-70-4-2)48-34-43(14-8-10-30-62)47(15-9-11-31-63)56(57(48)58)49-35-46(26-28-51(49)72-58)71-45-24-20-42(21-25-45)41-12-6-5-7-13-41/h3,5-7,12-13,16-29,33-35,43,47,54,56-57,62-63H,1,4,8-11,14-15,30-32,36-38H2,2H3/t43-,47+,54-,56+,57+,58+/m0/s1. The molecule has 5 aromatic rings. The summed E-state index contributed by atoms with van der Waals surface area (Å²) in [4.78, 5) is 34.0. The Labute approximate surface area is 419 Å². The molecule has 0 bridgehead atoms. The van der Waals surface area contributed by atoms with Gasteiger partial charge in [0.15, 0.2) is 11.5 Å². The third-order valence-electron chi connectivity index (χ3n) is 14.1. The summed E-state index contributed by atoms with van der Waals surface area (Å²) >= 11 is 0. The number of fused-ring (bicyclic) bond motifs is 3. The highest BCUT2D eigenvalue weighted by Gasteiger charge is 2.65. The van der Waals surface area contributed by atoms with Crippen LogP contribution in [-0.4, -0.2) is 76.7 Å². The largest absolute Gasteiger partial charge is 0.459 e. The highest BCUT2D eigenvalue weighted by Crippen LogP contribution is 2.62. The molecule has 9 rings (SSSR count). The van der Waals surface area contributed by atoms with Gasteiger partial charge in [-0.15, -0.1) is 6.58 Å². The van der Waals surface area contributed by atoms with E-state index in [2.05, 4.69) is 30.9 Å². The molecule has 2 heterocycles. The fraction of sp³-hybridized carbons (Fsp3) is 0.345. The van der Waals surface area contributed by atoms with Gasteiger partial charge in [-0.2, -0.15) is 0 Å². The van der Waals surface area contributed by atoms with Gasteiger partial charge in [-0.3, -0.25) is 14.9 Å². The van der Waals surface area contributed by atoms with E-state index in [1.807, 2.05) is 79.7 Å². The molecule has 0 spiro atoms. The molecule has 4 aliphatic rings. The fourth-order valence-corrected chi connectivity index (χ4v) is 10.9. The molecule has 0 saturated heterocycles. The zero-order valence-electron chi connectivity index (χ0n) is 40.5. The number of hydrogen-bond acceptors (Lipinski definition) is 12. The average Bonchev–Trinajstić information content (AvgIpc) is 3.88. The molecule has 0 radical (unpaired) electrons. The predicted molar refractivity (Wildman–Crippen MR) is 274 cm³/mol. The molecule has 2 aliphatic heterocycles. The number of ether oxygens (including phenoxy) is 5. The molecule has 1 saturated carbocycles. The van der Waals surface area contributed by atoms with Crippen LogP contribution in [0.3, 0.4) is 0 Å². The number of amides is 1. The highest BCUT2D eigenvalue weighted by molar-refractivity contribution is 6.03. The summed E-state index contributed by atoms with van der Waals surface area (Å²) in [5, 5.41) is 36.4. The maximum absolute atomic E-state index is 15.3. The summed E-state index contributed by atoms with van der Waals surface area (Å²) in [6.07, 6.45) is 11.7. The number of carbonyl (C=O) groups excluding carboxylic acids is 1. The second-order valence-electron chi connectivity index (χ2n) is 18.5. The number of unbranched alkanes of at least 4 members (excludes halogenated alkanes) is 2. The van der Waals surface area contributed by atoms with E-state index in [4.69, 9.17) is 33.7 Å². The molecule has 72 heavy (non-hydrogen) atoms. The van der Waals surface area contributed by atoms with Crippen LogP contribution in [0.1, 0.15) is 74.5 Å². The van der Waals surface area contributed by atoms with Crippen molar-refractivity contribution in [3.05, 3.63) is 172 Å². The summed E-state index contributed by atoms with van der Waals surface area (Å²) in [6, 6.07) is 34.9. The van der Waals surface area contributed by atoms with Crippen molar-refractivity contribution in [2.24, 2.45) is 22.9 Å². The monoisotopic (exact) mass is 975 g/mol. The minimum atomic E-state index is -1.53. The Kier molecular flexibility index (Phi) is 15.8. The lowest BCUT2D eigenvalue weighted by Gasteiger charge is -2.60. The second-order valence-corrected chi connectivity index (χ2v) is 18.5. The van der Waals surface area contributed by atoms with E-state index in [9.17, 15) is 20.3 Å². The minimum absolute atomic E-state index is 0.00843. The predicted octanol–water partition coefficient (Wildman–Crippen LogP) is 11.2. The molecule has 2 N–H and O–H groups in total. The SMILES string of the molecule is C=CCO[C@@]12Oc3ccc(Oc4ccc(-c5ccccc5)cc4)cc3[C@H]3[C@H](CCCCO)[C@@H](CCCCO)C=C(C(=NOCC)C[C@@H]1N(Cc1ccc4c(c1)OCO4)C(=O)C=Cc1ccc([N+](=O)[O-])cc1)[C@H]32. The van der Waals surface area contributed by atoms with E-state index in [0.29, 0.717) is 59.5 Å². The van der Waals surface area contributed by atoms with E-state index in [-0.39, 0.29) is 68.9 Å². The summed E-state index contributed by atoms with van der Waals surface area (Å²) < 4.78 is 32.8. The molecule has 5 aromatic carbocycles. The van der Waals surface area contributed by atoms with Crippen LogP contribution in [0.4, 0.5) is 5.69 Å². The van der Waals surface area contributed by atoms with Crippen molar-refractivity contribution in [2.45, 2.75) is 76.2 Å². The van der Waals surface area contributed by atoms with Gasteiger partial charge in [0.1, 0.15) is 29.9 Å². The number of non-ortho nitro benzene ring substituents is 1. The molecule has 374 valence electrons. The van der Waals surface area contributed by atoms with Gasteiger partial charge in [0, 0.05) is 55.9 Å². The molecule has 0 aromatic heterocycles. The Morgan fingerprint density at radius 2 is 1.60 bits per heavy atom. The molecule has 1 fully saturated rings. The van der Waals surface area contributed by atoms with Crippen molar-refractivity contribution in [2.75, 3.05) is 33.2 Å². The third kappa shape index (κ3) is 10.7. The van der Waals surface area contributed by atoms with Crippen molar-refractivity contribution in [3.63, 3.8) is 0 Å². The first-order chi connectivity index (χ1) is 35.2. The minimum Gasteiger partial charge on any atom is -0.459 e. The van der Waals surface area contributed by atoms with E-state index >= 15 is 4.79 Å². The smallest absolute Gasteiger partial charge is 0.269 e. The molecular weight excluding hydrogens is 915 g/mol. The number of nitro groups is 1. The first-order valence-electron chi connectivity index (χ1n) is 24.9. The number of allylic oxidation sites excluding steroid dienone is 1. The molecule has 2 aliphatic carbocycles. The lowest BCUT2D eigenvalue weighted by Crippen LogP contribution is -2.70. The van der Waals surface area contributed by atoms with Gasteiger partial charge in [-0.25, -0.2) is 0 Å². The molecule has 14 heteroatoms. The van der Waals surface area contributed by atoms with Gasteiger partial charge in [0.25, 0.3) is 5.69 Å². The number of nitrogens with zero attached hydrogens (tertiary/aromatic N) is 3. The van der Waals surface area contributed by atoms with Crippen LogP contribution >= 0.6 is 0 Å². The Balaban J connectivity index is 1.20. The molecule has 6 atom stereocenters. The quantitative estimate of drug-likeness (QED) is 0.0222. The summed E-state index contributed by atoms with van der Waals surface area (Å²) in [5.74, 6) is 0.325. The Bertz CT molecular complexity index is 2790. The number of carbonyl (C=O) groups is 1. The number of oxime groups is 1. The van der Waals surface area contributed by atoms with Crippen LogP contribution in [0.2, 0.25) is 0 Å². The summed E-state index contributed by atoms with van der Waals surface area (Å²) in [5.41, 5.74) is 5.97. The normalized spacial score (nSPS) is 22.1. The third-order valence-corrected chi connectivity index (χ3v) is 14.1. The van der Waals surface area contributed by atoms with Gasteiger partial charge in [0.2, 0.25) is 18.5 Å². The van der Waals surface area contributed by atoms with E-state index in [1.165, 1.54) is 18.2 Å². The number of rotatable bonds is 22. The van der Waals surface area contributed by atoms with Crippen LogP contribution in [0.5, 0.6) is 28.7 Å². The molecule has 0 unspecified atom stereocenters. The number of benzene rings is 5. The van der Waals surface area contributed by atoms with Gasteiger partial charge in [-0.1, -0.05) is 78.7 Å². The maximum Gasteiger partial charge on any atom is 0.269 e. The topological polar surface area (TPSA) is 172 Å². The van der Waals surface area contributed by atoms with Crippen LogP contribution in [0.15, 0.2) is 151 Å². The lowest BCUT2D eigenvalue weighted by atomic mass is 9.55. The van der Waals surface area contributed by atoms with Crippen molar-refractivity contribution >= 4 is 23.4 Å². The highest BCUT2D eigenvalue weighted by atomic mass is 16.7. The van der Waals surface area contributed by atoms with Gasteiger partial charge < -0.3 is 43.6 Å². The van der Waals surface area contributed by atoms with Gasteiger partial charge in [0.05, 0.1) is 23.2 Å². The van der Waals surface area contributed by atoms with Crippen molar-refractivity contribution < 1.29 is 48.5 Å². The number of aliphatic hydroxyl groups is 2. The lowest BCUT2D eigenvalue weighted by molar-refractivity contribution is -0.384. The van der Waals surface area contributed by atoms with Crippen molar-refractivity contribution in [1.82, 2.24) is 4.90 Å². The molecule has 1 amide bonds. The Hall–Kier alpha value is -7.26. The van der Waals surface area contributed by atoms with E-state index < -0.39 is 22.7 Å². The van der Waals surface area contributed by atoms with Crippen molar-refractivity contribution in [1.29, 1.82) is 0 Å². The van der Waals surface area contributed by atoms with Crippen LogP contribution in [0, 0.1) is 27.9 Å². The van der Waals surface area contributed by atoms with Crippen LogP contribution in [-0.2, 0) is 20.9 Å². The molecular formula is C58H61N3O11. The van der Waals surface area contributed by atoms with Crippen LogP contribution < -0.4 is 18.9 Å². The average molecular weight is 976 g/mol. The summed E-state index contributed by atoms with van der Waals surface area (Å²) in [6.45, 7) is 6.65. The van der Waals surface area contributed by atoms with E-state index in [1.54, 1.807) is 29.2 Å². The number of aliphatic hydroxyl groups excluding tert-OH is 2. The van der Waals surface area contributed by atoms with Crippen molar-refractivity contribution in [3.8, 4) is 39.9 Å². The number of hydrogen-bond donors (Lipinski definition) is 2. The Morgan fingerprint density at radius 3 is 2.33 bits per heavy atom. The van der Waals surface area contributed by atoms with Gasteiger partial charge >= 0.3 is 0 Å². The first-order valence-corrected chi connectivity index (χ1v) is 24.9. The maximum atomic E-state index is 15.3. The van der Waals surface area contributed by atoms with Crippen LogP contribution in [0.25, 0.3) is 17.2 Å². The Morgan fingerprint density at radius 1 is 0.875 bits per heavy atom. The zero-order valence-corrected chi connectivity index (χ0v) is 40.5. The number of nitro benzene ring substituents is 1. The van der Waals surface area contributed by atoms with E-state index in [0.717, 1.165) is 53.5 Å². The van der Waals surface area contributed by atoms with Gasteiger partial charge in [-0.05, 0) is 133 Å².